The lowest BCUT2D eigenvalue weighted by Crippen LogP contribution is -2.17. The predicted octanol–water partition coefficient (Wildman–Crippen LogP) is 2.62. The molecule has 1 aliphatic rings. The molecular formula is C12H9F2NO4S. The first-order valence-corrected chi connectivity index (χ1v) is 6.19. The molecule has 2 amide bonds. The number of halogens is 2. The SMILES string of the molecule is COc1cc(C=C2SC(=O)NC2=O)ccc1OC(F)F. The molecular weight excluding hydrogens is 292 g/mol. The highest BCUT2D eigenvalue weighted by Crippen LogP contribution is 2.32. The van der Waals surface area contributed by atoms with Gasteiger partial charge in [-0.1, -0.05) is 6.07 Å². The van der Waals surface area contributed by atoms with Crippen molar-refractivity contribution in [2.45, 2.75) is 6.61 Å². The Morgan fingerprint density at radius 1 is 1.30 bits per heavy atom. The van der Waals surface area contributed by atoms with Gasteiger partial charge in [-0.3, -0.25) is 14.9 Å². The fourth-order valence-electron chi connectivity index (χ4n) is 1.54. The Kier molecular flexibility index (Phi) is 4.23. The quantitative estimate of drug-likeness (QED) is 0.866. The van der Waals surface area contributed by atoms with Crippen LogP contribution in [0.5, 0.6) is 11.5 Å². The molecule has 0 aromatic heterocycles. The Labute approximate surface area is 116 Å². The minimum absolute atomic E-state index is 0.106. The molecule has 1 fully saturated rings. The number of rotatable bonds is 4. The number of carbonyl (C=O) groups excluding carboxylic acids is 2. The molecule has 106 valence electrons. The van der Waals surface area contributed by atoms with Gasteiger partial charge in [0.1, 0.15) is 0 Å². The van der Waals surface area contributed by atoms with Crippen molar-refractivity contribution in [1.82, 2.24) is 5.32 Å². The molecule has 1 aliphatic heterocycles. The fourth-order valence-corrected chi connectivity index (χ4v) is 2.22. The number of ether oxygens (including phenoxy) is 2. The van der Waals surface area contributed by atoms with Crippen LogP contribution in [0.25, 0.3) is 6.08 Å². The van der Waals surface area contributed by atoms with Crippen LogP contribution in [0.4, 0.5) is 13.6 Å². The molecule has 0 spiro atoms. The van der Waals surface area contributed by atoms with E-state index in [9.17, 15) is 18.4 Å². The van der Waals surface area contributed by atoms with E-state index in [1.165, 1.54) is 31.4 Å². The highest BCUT2D eigenvalue weighted by Gasteiger charge is 2.25. The summed E-state index contributed by atoms with van der Waals surface area (Å²) in [7, 11) is 1.31. The van der Waals surface area contributed by atoms with E-state index in [0.29, 0.717) is 5.56 Å². The van der Waals surface area contributed by atoms with Crippen molar-refractivity contribution in [3.63, 3.8) is 0 Å². The maximum Gasteiger partial charge on any atom is 0.387 e. The summed E-state index contributed by atoms with van der Waals surface area (Å²) in [4.78, 5) is 22.6. The number of carbonyl (C=O) groups is 2. The average Bonchev–Trinajstić information content (AvgIpc) is 2.69. The second-order valence-corrected chi connectivity index (χ2v) is 4.66. The van der Waals surface area contributed by atoms with Gasteiger partial charge in [0.05, 0.1) is 12.0 Å². The Morgan fingerprint density at radius 2 is 2.05 bits per heavy atom. The normalized spacial score (nSPS) is 16.7. The largest absolute Gasteiger partial charge is 0.493 e. The van der Waals surface area contributed by atoms with Gasteiger partial charge in [-0.05, 0) is 35.5 Å². The molecule has 0 bridgehead atoms. The molecule has 20 heavy (non-hydrogen) atoms. The summed E-state index contributed by atoms with van der Waals surface area (Å²) in [6.07, 6.45) is 1.46. The first-order valence-electron chi connectivity index (χ1n) is 5.37. The summed E-state index contributed by atoms with van der Waals surface area (Å²) in [6.45, 7) is -2.96. The number of hydrogen-bond donors (Lipinski definition) is 1. The third-order valence-corrected chi connectivity index (χ3v) is 3.15. The molecule has 0 unspecified atom stereocenters. The molecule has 1 saturated heterocycles. The van der Waals surface area contributed by atoms with E-state index in [2.05, 4.69) is 10.1 Å². The van der Waals surface area contributed by atoms with Crippen LogP contribution in [-0.4, -0.2) is 24.9 Å². The van der Waals surface area contributed by atoms with Gasteiger partial charge in [0.25, 0.3) is 11.1 Å². The topological polar surface area (TPSA) is 64.6 Å². The van der Waals surface area contributed by atoms with Crippen molar-refractivity contribution in [1.29, 1.82) is 0 Å². The highest BCUT2D eigenvalue weighted by atomic mass is 32.2. The van der Waals surface area contributed by atoms with Gasteiger partial charge in [0.15, 0.2) is 11.5 Å². The van der Waals surface area contributed by atoms with E-state index in [0.717, 1.165) is 11.8 Å². The van der Waals surface area contributed by atoms with E-state index in [-0.39, 0.29) is 16.4 Å². The molecule has 8 heteroatoms. The lowest BCUT2D eigenvalue weighted by Gasteiger charge is -2.10. The van der Waals surface area contributed by atoms with Crippen LogP contribution in [0.3, 0.4) is 0 Å². The van der Waals surface area contributed by atoms with Crippen LogP contribution in [0.2, 0.25) is 0 Å². The zero-order valence-electron chi connectivity index (χ0n) is 10.2. The van der Waals surface area contributed by atoms with Crippen molar-refractivity contribution < 1.29 is 27.8 Å². The number of thioether (sulfide) groups is 1. The molecule has 1 aromatic carbocycles. The smallest absolute Gasteiger partial charge is 0.387 e. The Morgan fingerprint density at radius 3 is 2.60 bits per heavy atom. The first-order chi connectivity index (χ1) is 9.49. The standard InChI is InChI=1S/C12H9F2NO4S/c1-18-8-4-6(2-3-7(8)19-11(13)14)5-9-10(16)15-12(17)20-9/h2-5,11H,1H3,(H,15,16,17). The molecule has 0 saturated carbocycles. The predicted molar refractivity (Wildman–Crippen MR) is 68.7 cm³/mol. The molecule has 0 aliphatic carbocycles. The summed E-state index contributed by atoms with van der Waals surface area (Å²) in [6, 6.07) is 4.21. The Balaban J connectivity index is 2.28. The van der Waals surface area contributed by atoms with Crippen LogP contribution < -0.4 is 14.8 Å². The molecule has 1 heterocycles. The number of nitrogens with one attached hydrogen (secondary N) is 1. The second kappa shape index (κ2) is 5.91. The van der Waals surface area contributed by atoms with Gasteiger partial charge in [0.2, 0.25) is 0 Å². The fraction of sp³-hybridized carbons (Fsp3) is 0.167. The first kappa shape index (κ1) is 14.3. The van der Waals surface area contributed by atoms with E-state index in [4.69, 9.17) is 4.74 Å². The zero-order valence-corrected chi connectivity index (χ0v) is 11.0. The summed E-state index contributed by atoms with van der Waals surface area (Å²) >= 11 is 0.766. The van der Waals surface area contributed by atoms with Crippen LogP contribution in [0.15, 0.2) is 23.1 Å². The van der Waals surface area contributed by atoms with E-state index in [1.807, 2.05) is 0 Å². The number of imide groups is 1. The third-order valence-electron chi connectivity index (χ3n) is 2.34. The maximum absolute atomic E-state index is 12.2. The lowest BCUT2D eigenvalue weighted by molar-refractivity contribution is -0.115. The molecule has 1 N–H and O–H groups in total. The zero-order chi connectivity index (χ0) is 14.7. The molecule has 1 aromatic rings. The van der Waals surface area contributed by atoms with Crippen LogP contribution in [-0.2, 0) is 4.79 Å². The van der Waals surface area contributed by atoms with Gasteiger partial charge in [-0.15, -0.1) is 0 Å². The van der Waals surface area contributed by atoms with Crippen molar-refractivity contribution in [3.8, 4) is 11.5 Å². The Bertz CT molecular complexity index is 589. The van der Waals surface area contributed by atoms with Crippen molar-refractivity contribution in [2.24, 2.45) is 0 Å². The number of amides is 2. The van der Waals surface area contributed by atoms with Gasteiger partial charge < -0.3 is 9.47 Å². The summed E-state index contributed by atoms with van der Waals surface area (Å²) in [5.74, 6) is -0.495. The van der Waals surface area contributed by atoms with Gasteiger partial charge >= 0.3 is 6.61 Å². The van der Waals surface area contributed by atoms with Crippen LogP contribution >= 0.6 is 11.8 Å². The van der Waals surface area contributed by atoms with E-state index in [1.54, 1.807) is 0 Å². The van der Waals surface area contributed by atoms with Crippen molar-refractivity contribution >= 4 is 29.0 Å². The molecule has 5 nitrogen and oxygen atoms in total. The van der Waals surface area contributed by atoms with Crippen LogP contribution in [0.1, 0.15) is 5.56 Å². The van der Waals surface area contributed by atoms with E-state index >= 15 is 0 Å². The molecule has 2 rings (SSSR count). The average molecular weight is 301 g/mol. The Hall–Kier alpha value is -2.09. The second-order valence-electron chi connectivity index (χ2n) is 3.64. The number of benzene rings is 1. The monoisotopic (exact) mass is 301 g/mol. The lowest BCUT2D eigenvalue weighted by atomic mass is 10.2. The highest BCUT2D eigenvalue weighted by molar-refractivity contribution is 8.18. The number of alkyl halides is 2. The minimum atomic E-state index is -2.96. The number of hydrogen-bond acceptors (Lipinski definition) is 5. The van der Waals surface area contributed by atoms with Crippen LogP contribution in [0, 0.1) is 0 Å². The van der Waals surface area contributed by atoms with E-state index < -0.39 is 17.8 Å². The third kappa shape index (κ3) is 3.27. The molecule has 0 atom stereocenters. The summed E-state index contributed by atoms with van der Waals surface area (Å²) < 4.78 is 33.6. The van der Waals surface area contributed by atoms with Crippen molar-refractivity contribution in [3.05, 3.63) is 28.7 Å². The minimum Gasteiger partial charge on any atom is -0.493 e. The van der Waals surface area contributed by atoms with Gasteiger partial charge in [0, 0.05) is 0 Å². The maximum atomic E-state index is 12.2. The summed E-state index contributed by atoms with van der Waals surface area (Å²) in [5, 5.41) is 1.66. The van der Waals surface area contributed by atoms with Crippen molar-refractivity contribution in [2.75, 3.05) is 7.11 Å². The van der Waals surface area contributed by atoms with Gasteiger partial charge in [-0.25, -0.2) is 0 Å². The summed E-state index contributed by atoms with van der Waals surface area (Å²) in [5.41, 5.74) is 0.524. The van der Waals surface area contributed by atoms with Gasteiger partial charge in [-0.2, -0.15) is 8.78 Å². The number of methoxy groups -OCH3 is 1. The molecule has 0 radical (unpaired) electrons.